The Bertz CT molecular complexity index is 444. The number of hydrogen-bond donors (Lipinski definition) is 1. The molecule has 2 unspecified atom stereocenters. The summed E-state index contributed by atoms with van der Waals surface area (Å²) in [6.45, 7) is 7.51. The molecule has 0 heterocycles. The maximum absolute atomic E-state index is 14.2. The van der Waals surface area contributed by atoms with Crippen LogP contribution in [0.15, 0.2) is 18.2 Å². The van der Waals surface area contributed by atoms with E-state index in [1.165, 1.54) is 18.9 Å². The molecule has 0 saturated heterocycles. The van der Waals surface area contributed by atoms with Gasteiger partial charge in [0.25, 0.3) is 0 Å². The molecule has 19 heavy (non-hydrogen) atoms. The molecule has 0 spiro atoms. The summed E-state index contributed by atoms with van der Waals surface area (Å²) < 4.78 is 14.2. The Morgan fingerprint density at radius 3 is 2.74 bits per heavy atom. The molecule has 0 radical (unpaired) electrons. The van der Waals surface area contributed by atoms with Gasteiger partial charge < -0.3 is 5.32 Å². The second kappa shape index (κ2) is 5.80. The highest BCUT2D eigenvalue weighted by Gasteiger charge is 2.40. The second-order valence-corrected chi connectivity index (χ2v) is 6.62. The molecule has 1 aliphatic carbocycles. The van der Waals surface area contributed by atoms with Crippen LogP contribution >= 0.6 is 11.6 Å². The van der Waals surface area contributed by atoms with E-state index in [1.54, 1.807) is 6.07 Å². The second-order valence-electron chi connectivity index (χ2n) is 6.19. The van der Waals surface area contributed by atoms with Crippen molar-refractivity contribution in [2.75, 3.05) is 6.54 Å². The van der Waals surface area contributed by atoms with E-state index in [0.29, 0.717) is 10.9 Å². The van der Waals surface area contributed by atoms with Gasteiger partial charge in [-0.1, -0.05) is 44.9 Å². The van der Waals surface area contributed by atoms with Gasteiger partial charge in [0, 0.05) is 16.6 Å². The highest BCUT2D eigenvalue weighted by molar-refractivity contribution is 6.30. The van der Waals surface area contributed by atoms with Crippen molar-refractivity contribution < 1.29 is 4.39 Å². The number of nitrogens with one attached hydrogen (secondary N) is 1. The summed E-state index contributed by atoms with van der Waals surface area (Å²) in [5, 5.41) is 3.93. The molecule has 2 rings (SSSR count). The predicted molar refractivity (Wildman–Crippen MR) is 78.9 cm³/mol. The maximum Gasteiger partial charge on any atom is 0.129 e. The van der Waals surface area contributed by atoms with Crippen molar-refractivity contribution in [3.8, 4) is 0 Å². The van der Waals surface area contributed by atoms with Crippen molar-refractivity contribution in [3.05, 3.63) is 34.6 Å². The lowest BCUT2D eigenvalue weighted by Gasteiger charge is -2.35. The standard InChI is InChI=1S/C16H23ClFN/c1-4-19-15(13-6-5-9-16(13,2)3)12-8-7-11(17)10-14(12)18/h7-8,10,13,15,19H,4-6,9H2,1-3H3. The maximum atomic E-state index is 14.2. The zero-order valence-electron chi connectivity index (χ0n) is 12.0. The van der Waals surface area contributed by atoms with Gasteiger partial charge in [-0.2, -0.15) is 0 Å². The van der Waals surface area contributed by atoms with Crippen LogP contribution in [0.4, 0.5) is 4.39 Å². The van der Waals surface area contributed by atoms with Gasteiger partial charge >= 0.3 is 0 Å². The van der Waals surface area contributed by atoms with E-state index in [1.807, 2.05) is 6.07 Å². The van der Waals surface area contributed by atoms with Gasteiger partial charge in [-0.3, -0.25) is 0 Å². The third kappa shape index (κ3) is 3.11. The van der Waals surface area contributed by atoms with E-state index in [2.05, 4.69) is 26.1 Å². The lowest BCUT2D eigenvalue weighted by molar-refractivity contribution is 0.196. The number of benzene rings is 1. The van der Waals surface area contributed by atoms with E-state index in [0.717, 1.165) is 18.5 Å². The van der Waals surface area contributed by atoms with Crippen LogP contribution in [0.25, 0.3) is 0 Å². The minimum absolute atomic E-state index is 0.0831. The zero-order chi connectivity index (χ0) is 14.0. The van der Waals surface area contributed by atoms with Gasteiger partial charge in [-0.05, 0) is 42.9 Å². The van der Waals surface area contributed by atoms with Crippen molar-refractivity contribution in [1.82, 2.24) is 5.32 Å². The van der Waals surface area contributed by atoms with E-state index in [-0.39, 0.29) is 17.3 Å². The summed E-state index contributed by atoms with van der Waals surface area (Å²) in [5.74, 6) is 0.282. The van der Waals surface area contributed by atoms with Gasteiger partial charge in [-0.15, -0.1) is 0 Å². The van der Waals surface area contributed by atoms with Gasteiger partial charge in [0.15, 0.2) is 0 Å². The Morgan fingerprint density at radius 1 is 1.47 bits per heavy atom. The lowest BCUT2D eigenvalue weighted by atomic mass is 9.75. The monoisotopic (exact) mass is 283 g/mol. The first-order valence-electron chi connectivity index (χ1n) is 7.14. The molecule has 1 aromatic carbocycles. The van der Waals surface area contributed by atoms with Crippen molar-refractivity contribution in [3.63, 3.8) is 0 Å². The quantitative estimate of drug-likeness (QED) is 0.824. The molecule has 3 heteroatoms. The van der Waals surface area contributed by atoms with Crippen LogP contribution in [0.1, 0.15) is 51.6 Å². The Kier molecular flexibility index (Phi) is 4.52. The van der Waals surface area contributed by atoms with Crippen LogP contribution in [0.2, 0.25) is 5.02 Å². The topological polar surface area (TPSA) is 12.0 Å². The Balaban J connectivity index is 2.34. The van der Waals surface area contributed by atoms with E-state index in [9.17, 15) is 4.39 Å². The average molecular weight is 284 g/mol. The summed E-state index contributed by atoms with van der Waals surface area (Å²) >= 11 is 5.85. The van der Waals surface area contributed by atoms with Crippen molar-refractivity contribution >= 4 is 11.6 Å². The zero-order valence-corrected chi connectivity index (χ0v) is 12.7. The highest BCUT2D eigenvalue weighted by atomic mass is 35.5. The van der Waals surface area contributed by atoms with Gasteiger partial charge in [-0.25, -0.2) is 4.39 Å². The first kappa shape index (κ1) is 14.8. The molecular weight excluding hydrogens is 261 g/mol. The minimum Gasteiger partial charge on any atom is -0.310 e. The summed E-state index contributed by atoms with van der Waals surface area (Å²) in [6.07, 6.45) is 3.61. The first-order valence-corrected chi connectivity index (χ1v) is 7.52. The summed E-state index contributed by atoms with van der Waals surface area (Å²) in [6, 6.07) is 5.12. The van der Waals surface area contributed by atoms with Crippen LogP contribution < -0.4 is 5.32 Å². The Morgan fingerprint density at radius 2 is 2.21 bits per heavy atom. The fourth-order valence-corrected chi connectivity index (χ4v) is 3.57. The van der Waals surface area contributed by atoms with Crippen LogP contribution in [0.5, 0.6) is 0 Å². The summed E-state index contributed by atoms with van der Waals surface area (Å²) in [7, 11) is 0. The van der Waals surface area contributed by atoms with Gasteiger partial charge in [0.2, 0.25) is 0 Å². The summed E-state index contributed by atoms with van der Waals surface area (Å²) in [5.41, 5.74) is 1.02. The molecule has 1 saturated carbocycles. The number of rotatable bonds is 4. The van der Waals surface area contributed by atoms with Crippen LogP contribution in [0.3, 0.4) is 0 Å². The number of hydrogen-bond acceptors (Lipinski definition) is 1. The molecule has 1 fully saturated rings. The van der Waals surface area contributed by atoms with E-state index in [4.69, 9.17) is 11.6 Å². The normalized spacial score (nSPS) is 23.5. The Hall–Kier alpha value is -0.600. The first-order chi connectivity index (χ1) is 8.95. The molecule has 2 atom stereocenters. The van der Waals surface area contributed by atoms with Crippen LogP contribution in [-0.4, -0.2) is 6.54 Å². The molecule has 1 nitrogen and oxygen atoms in total. The molecule has 0 aromatic heterocycles. The smallest absolute Gasteiger partial charge is 0.129 e. The minimum atomic E-state index is -0.193. The molecule has 0 bridgehead atoms. The van der Waals surface area contributed by atoms with Crippen LogP contribution in [-0.2, 0) is 0 Å². The van der Waals surface area contributed by atoms with Gasteiger partial charge in [0.1, 0.15) is 5.82 Å². The third-order valence-corrected chi connectivity index (χ3v) is 4.70. The molecule has 1 N–H and O–H groups in total. The van der Waals surface area contributed by atoms with Crippen LogP contribution in [0, 0.1) is 17.2 Å². The molecule has 1 aromatic rings. The van der Waals surface area contributed by atoms with E-state index >= 15 is 0 Å². The predicted octanol–water partition coefficient (Wildman–Crippen LogP) is 4.96. The molecular formula is C16H23ClFN. The lowest BCUT2D eigenvalue weighted by Crippen LogP contribution is -2.34. The fourth-order valence-electron chi connectivity index (χ4n) is 3.41. The number of halogens is 2. The molecule has 0 aliphatic heterocycles. The fraction of sp³-hybridized carbons (Fsp3) is 0.625. The van der Waals surface area contributed by atoms with Crippen molar-refractivity contribution in [1.29, 1.82) is 0 Å². The van der Waals surface area contributed by atoms with E-state index < -0.39 is 0 Å². The molecule has 1 aliphatic rings. The van der Waals surface area contributed by atoms with Crippen molar-refractivity contribution in [2.45, 2.75) is 46.1 Å². The largest absolute Gasteiger partial charge is 0.310 e. The highest BCUT2D eigenvalue weighted by Crippen LogP contribution is 2.49. The Labute approximate surface area is 120 Å². The summed E-state index contributed by atoms with van der Waals surface area (Å²) in [4.78, 5) is 0. The SMILES string of the molecule is CCNC(c1ccc(Cl)cc1F)C1CCCC1(C)C. The van der Waals surface area contributed by atoms with Crippen molar-refractivity contribution in [2.24, 2.45) is 11.3 Å². The molecule has 106 valence electrons. The third-order valence-electron chi connectivity index (χ3n) is 4.46. The average Bonchev–Trinajstić information content (AvgIpc) is 2.67. The van der Waals surface area contributed by atoms with Gasteiger partial charge in [0.05, 0.1) is 0 Å². The molecule has 0 amide bonds.